The van der Waals surface area contributed by atoms with Gasteiger partial charge in [-0.05, 0) is 18.2 Å². The Hall–Kier alpha value is -2.33. The third kappa shape index (κ3) is 4.61. The standard InChI is InChI=1S/C11H17N5O4S/c1-20-9-3-2-7(21(18,19)5-4-17)6-8(9)15-11(14)16-10(12)13/h2-3,6,17H,4-5H2,1H3,(H6,12,13,14,15,16). The van der Waals surface area contributed by atoms with Crippen LogP contribution in [0.4, 0.5) is 5.69 Å². The van der Waals surface area contributed by atoms with E-state index in [4.69, 9.17) is 27.0 Å². The molecule has 1 aromatic carbocycles. The van der Waals surface area contributed by atoms with E-state index in [1.165, 1.54) is 25.3 Å². The molecular formula is C11H17N5O4S. The van der Waals surface area contributed by atoms with Crippen LogP contribution in [0.3, 0.4) is 0 Å². The van der Waals surface area contributed by atoms with Gasteiger partial charge >= 0.3 is 0 Å². The van der Waals surface area contributed by atoms with E-state index < -0.39 is 22.2 Å². The molecule has 0 heterocycles. The first kappa shape index (κ1) is 16.7. The molecule has 0 aromatic heterocycles. The number of aliphatic hydroxyl groups excluding tert-OH is 1. The van der Waals surface area contributed by atoms with Crippen LogP contribution in [0.5, 0.6) is 5.75 Å². The molecule has 7 N–H and O–H groups in total. The van der Waals surface area contributed by atoms with Gasteiger partial charge in [0.05, 0.1) is 24.4 Å². The van der Waals surface area contributed by atoms with Crippen molar-refractivity contribution in [1.82, 2.24) is 0 Å². The second kappa shape index (κ2) is 6.90. The Labute approximate surface area is 122 Å². The van der Waals surface area contributed by atoms with Crippen molar-refractivity contribution in [2.45, 2.75) is 4.90 Å². The van der Waals surface area contributed by atoms with Crippen LogP contribution in [-0.4, -0.2) is 44.9 Å². The summed E-state index contributed by atoms with van der Waals surface area (Å²) in [5, 5.41) is 8.78. The number of aliphatic imine (C=N–C) groups is 2. The Morgan fingerprint density at radius 1 is 1.33 bits per heavy atom. The number of hydrogen-bond acceptors (Lipinski definition) is 5. The lowest BCUT2D eigenvalue weighted by atomic mass is 10.3. The zero-order valence-electron chi connectivity index (χ0n) is 11.4. The van der Waals surface area contributed by atoms with Crippen molar-refractivity contribution < 1.29 is 18.3 Å². The van der Waals surface area contributed by atoms with Crippen molar-refractivity contribution in [2.24, 2.45) is 27.2 Å². The normalized spacial score (nSPS) is 12.0. The topological polar surface area (TPSA) is 166 Å². The largest absolute Gasteiger partial charge is 0.494 e. The lowest BCUT2D eigenvalue weighted by Gasteiger charge is -2.08. The Kier molecular flexibility index (Phi) is 5.50. The molecule has 1 rings (SSSR count). The molecule has 0 bridgehead atoms. The van der Waals surface area contributed by atoms with Gasteiger partial charge in [-0.1, -0.05) is 0 Å². The molecule has 0 saturated heterocycles. The minimum atomic E-state index is -3.62. The smallest absolute Gasteiger partial charge is 0.223 e. The maximum absolute atomic E-state index is 11.9. The molecular weight excluding hydrogens is 298 g/mol. The van der Waals surface area contributed by atoms with Crippen LogP contribution in [0.1, 0.15) is 0 Å². The maximum atomic E-state index is 11.9. The van der Waals surface area contributed by atoms with E-state index >= 15 is 0 Å². The van der Waals surface area contributed by atoms with E-state index in [1.807, 2.05) is 0 Å². The summed E-state index contributed by atoms with van der Waals surface area (Å²) in [6, 6.07) is 4.03. The molecule has 0 atom stereocenters. The van der Waals surface area contributed by atoms with E-state index in [9.17, 15) is 8.42 Å². The Morgan fingerprint density at radius 3 is 2.52 bits per heavy atom. The van der Waals surface area contributed by atoms with Crippen molar-refractivity contribution >= 4 is 27.4 Å². The molecule has 1 aromatic rings. The fourth-order valence-electron chi connectivity index (χ4n) is 1.47. The van der Waals surface area contributed by atoms with Crippen molar-refractivity contribution in [3.05, 3.63) is 18.2 Å². The van der Waals surface area contributed by atoms with Crippen LogP contribution in [0.2, 0.25) is 0 Å². The molecule has 21 heavy (non-hydrogen) atoms. The zero-order chi connectivity index (χ0) is 16.0. The number of methoxy groups -OCH3 is 1. The summed E-state index contributed by atoms with van der Waals surface area (Å²) in [5.41, 5.74) is 16.0. The summed E-state index contributed by atoms with van der Waals surface area (Å²) in [5.74, 6) is -0.623. The summed E-state index contributed by atoms with van der Waals surface area (Å²) in [4.78, 5) is 7.41. The van der Waals surface area contributed by atoms with Gasteiger partial charge in [0.15, 0.2) is 15.8 Å². The molecule has 0 radical (unpaired) electrons. The van der Waals surface area contributed by atoms with Crippen LogP contribution < -0.4 is 21.9 Å². The minimum Gasteiger partial charge on any atom is -0.494 e. The van der Waals surface area contributed by atoms with Crippen LogP contribution in [0.25, 0.3) is 0 Å². The number of nitrogens with zero attached hydrogens (tertiary/aromatic N) is 2. The second-order valence-corrected chi connectivity index (χ2v) is 5.99. The highest BCUT2D eigenvalue weighted by Gasteiger charge is 2.16. The quantitative estimate of drug-likeness (QED) is 0.386. The summed E-state index contributed by atoms with van der Waals surface area (Å²) in [6.45, 7) is -0.483. The number of ether oxygens (including phenoxy) is 1. The molecule has 0 aliphatic heterocycles. The predicted molar refractivity (Wildman–Crippen MR) is 79.2 cm³/mol. The van der Waals surface area contributed by atoms with Crippen LogP contribution in [0, 0.1) is 0 Å². The van der Waals surface area contributed by atoms with Gasteiger partial charge in [0.1, 0.15) is 11.4 Å². The van der Waals surface area contributed by atoms with Crippen LogP contribution >= 0.6 is 0 Å². The van der Waals surface area contributed by atoms with E-state index in [-0.39, 0.29) is 22.5 Å². The van der Waals surface area contributed by atoms with E-state index in [1.54, 1.807) is 0 Å². The van der Waals surface area contributed by atoms with Gasteiger partial charge in [0, 0.05) is 0 Å². The molecule has 10 heteroatoms. The van der Waals surface area contributed by atoms with E-state index in [0.29, 0.717) is 5.75 Å². The van der Waals surface area contributed by atoms with Crippen molar-refractivity contribution in [2.75, 3.05) is 19.5 Å². The molecule has 0 spiro atoms. The Balaban J connectivity index is 3.34. The fourth-order valence-corrected chi connectivity index (χ4v) is 2.51. The predicted octanol–water partition coefficient (Wildman–Crippen LogP) is -1.32. The van der Waals surface area contributed by atoms with Gasteiger partial charge in [-0.15, -0.1) is 0 Å². The summed E-state index contributed by atoms with van der Waals surface area (Å²) < 4.78 is 28.9. The van der Waals surface area contributed by atoms with Gasteiger partial charge in [0.2, 0.25) is 5.96 Å². The summed E-state index contributed by atoms with van der Waals surface area (Å²) >= 11 is 0. The average Bonchev–Trinajstić information content (AvgIpc) is 2.37. The number of rotatable bonds is 5. The maximum Gasteiger partial charge on any atom is 0.223 e. The van der Waals surface area contributed by atoms with E-state index in [0.717, 1.165) is 0 Å². The molecule has 0 saturated carbocycles. The number of guanidine groups is 2. The van der Waals surface area contributed by atoms with Gasteiger partial charge in [0.25, 0.3) is 0 Å². The van der Waals surface area contributed by atoms with Crippen LogP contribution in [0.15, 0.2) is 33.1 Å². The monoisotopic (exact) mass is 315 g/mol. The number of hydrogen-bond donors (Lipinski definition) is 4. The Morgan fingerprint density at radius 2 is 2.00 bits per heavy atom. The highest BCUT2D eigenvalue weighted by Crippen LogP contribution is 2.30. The highest BCUT2D eigenvalue weighted by molar-refractivity contribution is 7.91. The summed E-state index contributed by atoms with van der Waals surface area (Å²) in [6.07, 6.45) is 0. The zero-order valence-corrected chi connectivity index (χ0v) is 12.2. The lowest BCUT2D eigenvalue weighted by molar-refractivity contribution is 0.319. The lowest BCUT2D eigenvalue weighted by Crippen LogP contribution is -2.26. The Bertz CT molecular complexity index is 665. The first-order valence-corrected chi connectivity index (χ1v) is 7.41. The van der Waals surface area contributed by atoms with Crippen molar-refractivity contribution in [1.29, 1.82) is 0 Å². The van der Waals surface area contributed by atoms with E-state index in [2.05, 4.69) is 9.98 Å². The number of benzene rings is 1. The third-order valence-corrected chi connectivity index (χ3v) is 4.04. The SMILES string of the molecule is COc1ccc(S(=O)(=O)CCO)cc1N=C(N)N=C(N)N. The van der Waals surface area contributed by atoms with Crippen LogP contribution in [-0.2, 0) is 9.84 Å². The highest BCUT2D eigenvalue weighted by atomic mass is 32.2. The van der Waals surface area contributed by atoms with Gasteiger partial charge < -0.3 is 27.0 Å². The first-order chi connectivity index (χ1) is 9.80. The molecule has 9 nitrogen and oxygen atoms in total. The minimum absolute atomic E-state index is 0.0198. The summed E-state index contributed by atoms with van der Waals surface area (Å²) in [7, 11) is -2.22. The molecule has 0 unspecified atom stereocenters. The van der Waals surface area contributed by atoms with Gasteiger partial charge in [-0.3, -0.25) is 0 Å². The molecule has 116 valence electrons. The number of aliphatic hydroxyl groups is 1. The molecule has 0 amide bonds. The number of sulfone groups is 1. The first-order valence-electron chi connectivity index (χ1n) is 5.75. The third-order valence-electron chi connectivity index (χ3n) is 2.35. The molecule has 0 fully saturated rings. The van der Waals surface area contributed by atoms with Gasteiger partial charge in [-0.25, -0.2) is 13.4 Å². The molecule has 0 aliphatic rings. The number of nitrogens with two attached hydrogens (primary N) is 3. The van der Waals surface area contributed by atoms with Crippen molar-refractivity contribution in [3.8, 4) is 5.75 Å². The van der Waals surface area contributed by atoms with Gasteiger partial charge in [-0.2, -0.15) is 4.99 Å². The van der Waals surface area contributed by atoms with Crippen molar-refractivity contribution in [3.63, 3.8) is 0 Å². The molecule has 0 aliphatic carbocycles. The fraction of sp³-hybridized carbons (Fsp3) is 0.273. The second-order valence-electron chi connectivity index (χ2n) is 3.88. The average molecular weight is 315 g/mol.